The number of nitrogens with one attached hydrogen (secondary N) is 1. The second-order valence-corrected chi connectivity index (χ2v) is 6.87. The third kappa shape index (κ3) is 2.64. The number of fused-ring (bicyclic) bond motifs is 1. The highest BCUT2D eigenvalue weighted by Gasteiger charge is 2.36. The molecule has 0 spiro atoms. The predicted molar refractivity (Wildman–Crippen MR) is 83.0 cm³/mol. The van der Waals surface area contributed by atoms with Gasteiger partial charge < -0.3 is 5.11 Å². The van der Waals surface area contributed by atoms with Gasteiger partial charge in [-0.05, 0) is 27.6 Å². The van der Waals surface area contributed by atoms with E-state index < -0.39 is 11.9 Å². The van der Waals surface area contributed by atoms with Crippen LogP contribution in [0.4, 0.5) is 15.6 Å². The van der Waals surface area contributed by atoms with E-state index in [2.05, 4.69) is 26.2 Å². The number of benzene rings is 1. The maximum atomic E-state index is 12.3. The highest BCUT2D eigenvalue weighted by Crippen LogP contribution is 2.36. The molecule has 3 rings (SSSR count). The molecule has 2 N–H and O–H groups in total. The van der Waals surface area contributed by atoms with Crippen molar-refractivity contribution in [2.45, 2.75) is 5.92 Å². The van der Waals surface area contributed by atoms with Gasteiger partial charge in [0.15, 0.2) is 5.13 Å². The molecule has 1 aromatic carbocycles. The molecule has 8 heteroatoms. The first-order valence-electron chi connectivity index (χ1n) is 6.08. The number of carbonyl (C=O) groups excluding carboxylic acids is 1. The molecule has 1 unspecified atom stereocenters. The van der Waals surface area contributed by atoms with Crippen LogP contribution >= 0.6 is 27.3 Å². The Morgan fingerprint density at radius 2 is 2.19 bits per heavy atom. The largest absolute Gasteiger partial charge is 0.481 e. The zero-order valence-corrected chi connectivity index (χ0v) is 13.0. The Kier molecular flexibility index (Phi) is 3.64. The lowest BCUT2D eigenvalue weighted by molar-refractivity contribution is -0.138. The Labute approximate surface area is 132 Å². The van der Waals surface area contributed by atoms with Gasteiger partial charge in [-0.25, -0.2) is 9.78 Å². The van der Waals surface area contributed by atoms with E-state index in [1.165, 1.54) is 16.2 Å². The molecule has 0 radical (unpaired) electrons. The lowest BCUT2D eigenvalue weighted by Crippen LogP contribution is -2.34. The third-order valence-corrected chi connectivity index (χ3v) is 4.59. The van der Waals surface area contributed by atoms with Crippen LogP contribution in [0.15, 0.2) is 34.2 Å². The van der Waals surface area contributed by atoms with E-state index in [0.717, 1.165) is 3.79 Å². The van der Waals surface area contributed by atoms with E-state index >= 15 is 0 Å². The molecule has 2 heterocycles. The van der Waals surface area contributed by atoms with Crippen LogP contribution in [0.2, 0.25) is 0 Å². The van der Waals surface area contributed by atoms with Crippen molar-refractivity contribution in [3.8, 4) is 0 Å². The van der Waals surface area contributed by atoms with Crippen LogP contribution in [0.25, 0.3) is 0 Å². The van der Waals surface area contributed by atoms with Crippen molar-refractivity contribution >= 4 is 50.1 Å². The molecule has 0 saturated carbocycles. The summed E-state index contributed by atoms with van der Waals surface area (Å²) in [5.74, 6) is -1.63. The van der Waals surface area contributed by atoms with Crippen molar-refractivity contribution in [3.05, 3.63) is 39.8 Å². The highest BCUT2D eigenvalue weighted by atomic mass is 79.9. The molecular weight excluding hydrogens is 358 g/mol. The molecule has 21 heavy (non-hydrogen) atoms. The number of aromatic nitrogens is 1. The monoisotopic (exact) mass is 367 g/mol. The maximum absolute atomic E-state index is 12.3. The summed E-state index contributed by atoms with van der Waals surface area (Å²) in [5, 5.41) is 12.4. The van der Waals surface area contributed by atoms with Gasteiger partial charge in [-0.2, -0.15) is 0 Å². The van der Waals surface area contributed by atoms with E-state index in [1.54, 1.807) is 30.5 Å². The van der Waals surface area contributed by atoms with Crippen LogP contribution in [-0.2, 0) is 4.79 Å². The lowest BCUT2D eigenvalue weighted by Gasteiger charge is -2.17. The van der Waals surface area contributed by atoms with Crippen LogP contribution in [0.1, 0.15) is 11.5 Å². The Hall–Kier alpha value is -1.93. The van der Waals surface area contributed by atoms with Gasteiger partial charge in [0, 0.05) is 12.2 Å². The Morgan fingerprint density at radius 1 is 1.43 bits per heavy atom. The van der Waals surface area contributed by atoms with E-state index in [0.29, 0.717) is 16.4 Å². The number of aliphatic carboxylic acids is 1. The quantitative estimate of drug-likeness (QED) is 0.853. The Morgan fingerprint density at radius 3 is 2.86 bits per heavy atom. The molecule has 1 atom stereocenters. The van der Waals surface area contributed by atoms with Crippen molar-refractivity contribution in [2.24, 2.45) is 0 Å². The minimum atomic E-state index is -0.935. The van der Waals surface area contributed by atoms with Crippen molar-refractivity contribution in [1.82, 2.24) is 4.98 Å². The molecule has 2 aromatic rings. The standard InChI is InChI=1S/C13H10BrN3O3S/c14-10-5-15-12(21-10)16-13(20)17-6-8(11(18)19)7-3-1-2-4-9(7)17/h1-5,8H,6H2,(H,18,19)(H,15,16,20). The molecular formula is C13H10BrN3O3S. The summed E-state index contributed by atoms with van der Waals surface area (Å²) in [6.45, 7) is 0.118. The van der Waals surface area contributed by atoms with Gasteiger partial charge in [-0.3, -0.25) is 15.0 Å². The van der Waals surface area contributed by atoms with Gasteiger partial charge in [0.05, 0.1) is 9.98 Å². The van der Waals surface area contributed by atoms with Gasteiger partial charge in [-0.15, -0.1) is 0 Å². The minimum Gasteiger partial charge on any atom is -0.481 e. The highest BCUT2D eigenvalue weighted by molar-refractivity contribution is 9.11. The summed E-state index contributed by atoms with van der Waals surface area (Å²) in [5.41, 5.74) is 1.28. The maximum Gasteiger partial charge on any atom is 0.328 e. The molecule has 0 saturated heterocycles. The smallest absolute Gasteiger partial charge is 0.328 e. The van der Waals surface area contributed by atoms with Gasteiger partial charge in [0.1, 0.15) is 5.92 Å². The van der Waals surface area contributed by atoms with Crippen LogP contribution in [0.5, 0.6) is 0 Å². The zero-order valence-electron chi connectivity index (χ0n) is 10.6. The van der Waals surface area contributed by atoms with Crippen molar-refractivity contribution < 1.29 is 14.7 Å². The molecule has 108 valence electrons. The summed E-state index contributed by atoms with van der Waals surface area (Å²) in [7, 11) is 0. The number of para-hydroxylation sites is 1. The molecule has 1 aliphatic heterocycles. The first-order valence-corrected chi connectivity index (χ1v) is 7.69. The first-order chi connectivity index (χ1) is 10.1. The average molecular weight is 368 g/mol. The molecule has 1 aliphatic rings. The summed E-state index contributed by atoms with van der Waals surface area (Å²) < 4.78 is 0.808. The first kappa shape index (κ1) is 14.0. The van der Waals surface area contributed by atoms with E-state index in [9.17, 15) is 14.7 Å². The van der Waals surface area contributed by atoms with Crippen molar-refractivity contribution in [3.63, 3.8) is 0 Å². The fourth-order valence-corrected chi connectivity index (χ4v) is 3.38. The van der Waals surface area contributed by atoms with Crippen molar-refractivity contribution in [1.29, 1.82) is 0 Å². The third-order valence-electron chi connectivity index (χ3n) is 3.20. The van der Waals surface area contributed by atoms with Crippen LogP contribution in [0, 0.1) is 0 Å². The summed E-state index contributed by atoms with van der Waals surface area (Å²) in [6, 6.07) is 6.65. The summed E-state index contributed by atoms with van der Waals surface area (Å²) in [6.07, 6.45) is 1.60. The number of anilines is 2. The number of amides is 2. The van der Waals surface area contributed by atoms with E-state index in [4.69, 9.17) is 0 Å². The predicted octanol–water partition coefficient (Wildman–Crippen LogP) is 3.13. The topological polar surface area (TPSA) is 82.5 Å². The summed E-state index contributed by atoms with van der Waals surface area (Å²) >= 11 is 4.57. The van der Waals surface area contributed by atoms with Gasteiger partial charge in [-0.1, -0.05) is 29.5 Å². The number of carboxylic acid groups (broad SMARTS) is 1. The number of urea groups is 1. The van der Waals surface area contributed by atoms with E-state index in [1.807, 2.05) is 0 Å². The zero-order chi connectivity index (χ0) is 15.0. The number of halogens is 1. The van der Waals surface area contributed by atoms with E-state index in [-0.39, 0.29) is 12.6 Å². The van der Waals surface area contributed by atoms with Gasteiger partial charge in [0.2, 0.25) is 0 Å². The summed E-state index contributed by atoms with van der Waals surface area (Å²) in [4.78, 5) is 29.1. The second kappa shape index (κ2) is 5.45. The fraction of sp³-hybridized carbons (Fsp3) is 0.154. The Balaban J connectivity index is 1.86. The lowest BCUT2D eigenvalue weighted by atomic mass is 10.0. The molecule has 0 aliphatic carbocycles. The minimum absolute atomic E-state index is 0.118. The number of hydrogen-bond donors (Lipinski definition) is 2. The van der Waals surface area contributed by atoms with Crippen LogP contribution in [0.3, 0.4) is 0 Å². The molecule has 1 aromatic heterocycles. The number of carbonyl (C=O) groups is 2. The van der Waals surface area contributed by atoms with Gasteiger partial charge >= 0.3 is 12.0 Å². The number of hydrogen-bond acceptors (Lipinski definition) is 4. The fourth-order valence-electron chi connectivity index (χ4n) is 2.28. The van der Waals surface area contributed by atoms with Crippen LogP contribution in [-0.4, -0.2) is 28.6 Å². The number of carboxylic acids is 1. The van der Waals surface area contributed by atoms with Gasteiger partial charge in [0.25, 0.3) is 0 Å². The number of rotatable bonds is 2. The number of thiazole rings is 1. The normalized spacial score (nSPS) is 16.6. The van der Waals surface area contributed by atoms with Crippen LogP contribution < -0.4 is 10.2 Å². The molecule has 0 fully saturated rings. The number of nitrogens with zero attached hydrogens (tertiary/aromatic N) is 2. The molecule has 0 bridgehead atoms. The SMILES string of the molecule is O=C(O)C1CN(C(=O)Nc2ncc(Br)s2)c2ccccc21. The molecule has 2 amide bonds. The molecule has 6 nitrogen and oxygen atoms in total. The van der Waals surface area contributed by atoms with Crippen molar-refractivity contribution in [2.75, 3.05) is 16.8 Å². The Bertz CT molecular complexity index is 718. The second-order valence-electron chi connectivity index (χ2n) is 4.46. The average Bonchev–Trinajstić information content (AvgIpc) is 3.02.